The minimum atomic E-state index is 0.304. The van der Waals surface area contributed by atoms with Gasteiger partial charge in [0, 0.05) is 24.3 Å². The van der Waals surface area contributed by atoms with Crippen LogP contribution in [0.15, 0.2) is 18.5 Å². The molecule has 0 atom stereocenters. The quantitative estimate of drug-likeness (QED) is 0.840. The van der Waals surface area contributed by atoms with Gasteiger partial charge in [0.1, 0.15) is 5.75 Å². The first-order valence-electron chi connectivity index (χ1n) is 6.67. The van der Waals surface area contributed by atoms with E-state index >= 15 is 0 Å². The molecule has 3 heteroatoms. The van der Waals surface area contributed by atoms with Crippen LogP contribution in [0.1, 0.15) is 46.6 Å². The standard InChI is InChI=1S/C15H26N2O/c1-12(2)17-10-13-6-8-16-11-14(13)18-9-7-15(3,4)5/h6,8,11-12,17H,7,9-10H2,1-5H3. The summed E-state index contributed by atoms with van der Waals surface area (Å²) in [5.74, 6) is 0.898. The lowest BCUT2D eigenvalue weighted by molar-refractivity contribution is 0.240. The molecule has 0 unspecified atom stereocenters. The van der Waals surface area contributed by atoms with Crippen LogP contribution in [0.4, 0.5) is 0 Å². The lowest BCUT2D eigenvalue weighted by atomic mass is 9.93. The van der Waals surface area contributed by atoms with Crippen molar-refractivity contribution >= 4 is 0 Å². The second-order valence-corrected chi connectivity index (χ2v) is 6.18. The van der Waals surface area contributed by atoms with Crippen LogP contribution >= 0.6 is 0 Å². The molecular formula is C15H26N2O. The smallest absolute Gasteiger partial charge is 0.142 e. The molecule has 1 aromatic rings. The van der Waals surface area contributed by atoms with Gasteiger partial charge in [-0.2, -0.15) is 0 Å². The molecule has 0 saturated heterocycles. The second-order valence-electron chi connectivity index (χ2n) is 6.18. The van der Waals surface area contributed by atoms with Crippen molar-refractivity contribution in [3.63, 3.8) is 0 Å². The van der Waals surface area contributed by atoms with Crippen LogP contribution in [0.3, 0.4) is 0 Å². The zero-order valence-corrected chi connectivity index (χ0v) is 12.3. The average molecular weight is 250 g/mol. The molecule has 1 aromatic heterocycles. The van der Waals surface area contributed by atoms with Crippen LogP contribution in [-0.2, 0) is 6.54 Å². The Bertz CT molecular complexity index is 356. The molecule has 0 bridgehead atoms. The third kappa shape index (κ3) is 6.01. The van der Waals surface area contributed by atoms with Gasteiger partial charge in [-0.1, -0.05) is 34.6 Å². The number of ether oxygens (including phenoxy) is 1. The zero-order valence-electron chi connectivity index (χ0n) is 12.3. The fraction of sp³-hybridized carbons (Fsp3) is 0.667. The fourth-order valence-electron chi connectivity index (χ4n) is 1.47. The lowest BCUT2D eigenvalue weighted by Crippen LogP contribution is -2.22. The first-order chi connectivity index (χ1) is 8.38. The summed E-state index contributed by atoms with van der Waals surface area (Å²) in [4.78, 5) is 4.13. The van der Waals surface area contributed by atoms with Crippen LogP contribution in [-0.4, -0.2) is 17.6 Å². The Morgan fingerprint density at radius 2 is 2.06 bits per heavy atom. The Kier molecular flexibility index (Phi) is 5.60. The van der Waals surface area contributed by atoms with E-state index in [9.17, 15) is 0 Å². The highest BCUT2D eigenvalue weighted by Gasteiger charge is 2.11. The van der Waals surface area contributed by atoms with Crippen LogP contribution < -0.4 is 10.1 Å². The van der Waals surface area contributed by atoms with E-state index in [4.69, 9.17) is 4.74 Å². The van der Waals surface area contributed by atoms with Crippen LogP contribution in [0, 0.1) is 5.41 Å². The van der Waals surface area contributed by atoms with Crippen molar-refractivity contribution in [3.05, 3.63) is 24.0 Å². The number of aromatic nitrogens is 1. The Labute approximate surface area is 111 Å². The van der Waals surface area contributed by atoms with Gasteiger partial charge in [0.25, 0.3) is 0 Å². The SMILES string of the molecule is CC(C)NCc1ccncc1OCCC(C)(C)C. The van der Waals surface area contributed by atoms with E-state index in [2.05, 4.69) is 44.9 Å². The fourth-order valence-corrected chi connectivity index (χ4v) is 1.47. The molecule has 0 radical (unpaired) electrons. The minimum Gasteiger partial charge on any atom is -0.492 e. The van der Waals surface area contributed by atoms with Crippen molar-refractivity contribution in [2.24, 2.45) is 5.41 Å². The van der Waals surface area contributed by atoms with Crippen molar-refractivity contribution < 1.29 is 4.74 Å². The molecule has 0 saturated carbocycles. The molecule has 0 spiro atoms. The molecule has 0 fully saturated rings. The van der Waals surface area contributed by atoms with Gasteiger partial charge in [0.2, 0.25) is 0 Å². The molecule has 3 nitrogen and oxygen atoms in total. The van der Waals surface area contributed by atoms with E-state index in [1.165, 1.54) is 5.56 Å². The van der Waals surface area contributed by atoms with Gasteiger partial charge in [-0.15, -0.1) is 0 Å². The average Bonchev–Trinajstić information content (AvgIpc) is 2.26. The molecule has 1 rings (SSSR count). The van der Waals surface area contributed by atoms with Crippen molar-refractivity contribution in [1.29, 1.82) is 0 Å². The Morgan fingerprint density at radius 3 is 2.67 bits per heavy atom. The summed E-state index contributed by atoms with van der Waals surface area (Å²) >= 11 is 0. The second kappa shape index (κ2) is 6.74. The maximum Gasteiger partial charge on any atom is 0.142 e. The minimum absolute atomic E-state index is 0.304. The summed E-state index contributed by atoms with van der Waals surface area (Å²) in [5.41, 5.74) is 1.48. The molecular weight excluding hydrogens is 224 g/mol. The summed E-state index contributed by atoms with van der Waals surface area (Å²) in [5, 5.41) is 3.40. The predicted octanol–water partition coefficient (Wildman–Crippen LogP) is 3.39. The van der Waals surface area contributed by atoms with E-state index < -0.39 is 0 Å². The van der Waals surface area contributed by atoms with Crippen LogP contribution in [0.2, 0.25) is 0 Å². The Morgan fingerprint density at radius 1 is 1.33 bits per heavy atom. The first-order valence-corrected chi connectivity index (χ1v) is 6.67. The Hall–Kier alpha value is -1.09. The highest BCUT2D eigenvalue weighted by Crippen LogP contribution is 2.21. The predicted molar refractivity (Wildman–Crippen MR) is 75.8 cm³/mol. The lowest BCUT2D eigenvalue weighted by Gasteiger charge is -2.19. The summed E-state index contributed by atoms with van der Waals surface area (Å²) in [6.45, 7) is 12.5. The molecule has 0 amide bonds. The van der Waals surface area contributed by atoms with E-state index in [0.717, 1.165) is 25.3 Å². The maximum absolute atomic E-state index is 5.84. The molecule has 0 aliphatic heterocycles. The monoisotopic (exact) mass is 250 g/mol. The van der Waals surface area contributed by atoms with Gasteiger partial charge in [0.05, 0.1) is 12.8 Å². The number of hydrogen-bond acceptors (Lipinski definition) is 3. The number of nitrogens with zero attached hydrogens (tertiary/aromatic N) is 1. The van der Waals surface area contributed by atoms with Crippen molar-refractivity contribution in [3.8, 4) is 5.75 Å². The van der Waals surface area contributed by atoms with Gasteiger partial charge in [0.15, 0.2) is 0 Å². The van der Waals surface area contributed by atoms with Gasteiger partial charge in [-0.05, 0) is 17.9 Å². The Balaban J connectivity index is 2.53. The van der Waals surface area contributed by atoms with Crippen molar-refractivity contribution in [2.75, 3.05) is 6.61 Å². The summed E-state index contributed by atoms with van der Waals surface area (Å²) in [7, 11) is 0. The normalized spacial score (nSPS) is 11.9. The molecule has 0 aromatic carbocycles. The molecule has 0 aliphatic rings. The topological polar surface area (TPSA) is 34.2 Å². The molecule has 102 valence electrons. The highest BCUT2D eigenvalue weighted by molar-refractivity contribution is 5.29. The van der Waals surface area contributed by atoms with Crippen molar-refractivity contribution in [1.82, 2.24) is 10.3 Å². The van der Waals surface area contributed by atoms with E-state index in [0.29, 0.717) is 11.5 Å². The maximum atomic E-state index is 5.84. The van der Waals surface area contributed by atoms with E-state index in [1.807, 2.05) is 12.3 Å². The number of rotatable bonds is 6. The third-order valence-corrected chi connectivity index (χ3v) is 2.68. The van der Waals surface area contributed by atoms with Crippen molar-refractivity contribution in [2.45, 2.75) is 53.6 Å². The summed E-state index contributed by atoms with van der Waals surface area (Å²) in [6.07, 6.45) is 4.66. The molecule has 1 N–H and O–H groups in total. The van der Waals surface area contributed by atoms with Gasteiger partial charge >= 0.3 is 0 Å². The van der Waals surface area contributed by atoms with Gasteiger partial charge in [-0.25, -0.2) is 0 Å². The summed E-state index contributed by atoms with van der Waals surface area (Å²) < 4.78 is 5.84. The molecule has 1 heterocycles. The number of hydrogen-bond donors (Lipinski definition) is 1. The first kappa shape index (κ1) is 15.0. The van der Waals surface area contributed by atoms with Crippen LogP contribution in [0.5, 0.6) is 5.75 Å². The largest absolute Gasteiger partial charge is 0.492 e. The third-order valence-electron chi connectivity index (χ3n) is 2.68. The number of pyridine rings is 1. The highest BCUT2D eigenvalue weighted by atomic mass is 16.5. The van der Waals surface area contributed by atoms with Gasteiger partial charge < -0.3 is 10.1 Å². The summed E-state index contributed by atoms with van der Waals surface area (Å²) in [6, 6.07) is 2.49. The van der Waals surface area contributed by atoms with E-state index in [1.54, 1.807) is 6.20 Å². The molecule has 18 heavy (non-hydrogen) atoms. The zero-order chi connectivity index (χ0) is 13.6. The molecule has 0 aliphatic carbocycles. The van der Waals surface area contributed by atoms with Crippen LogP contribution in [0.25, 0.3) is 0 Å². The number of nitrogens with one attached hydrogen (secondary N) is 1. The van der Waals surface area contributed by atoms with Gasteiger partial charge in [-0.3, -0.25) is 4.98 Å². The van der Waals surface area contributed by atoms with E-state index in [-0.39, 0.29) is 0 Å².